The highest BCUT2D eigenvalue weighted by Crippen LogP contribution is 2.08. The van der Waals surface area contributed by atoms with E-state index in [1.54, 1.807) is 0 Å². The van der Waals surface area contributed by atoms with Crippen molar-refractivity contribution in [2.45, 2.75) is 76.2 Å². The summed E-state index contributed by atoms with van der Waals surface area (Å²) < 4.78 is 0. The quantitative estimate of drug-likeness (QED) is 0.462. The predicted octanol–water partition coefficient (Wildman–Crippen LogP) is 7.13. The van der Waals surface area contributed by atoms with Crippen molar-refractivity contribution in [2.24, 2.45) is 5.41 Å². The van der Waals surface area contributed by atoms with E-state index in [2.05, 4.69) is 46.8 Å². The second kappa shape index (κ2) is 21.5. The van der Waals surface area contributed by atoms with E-state index in [1.165, 1.54) is 5.56 Å². The lowest BCUT2D eigenvalue weighted by Gasteiger charge is -2.05. The topological polar surface area (TPSA) is 0 Å². The minimum atomic E-state index is 0.500. The highest BCUT2D eigenvalue weighted by atomic mass is 14.0. The summed E-state index contributed by atoms with van der Waals surface area (Å²) in [6, 6.07) is 10.3. The first-order valence-electron chi connectivity index (χ1n) is 7.41. The van der Waals surface area contributed by atoms with E-state index in [0.717, 1.165) is 0 Å². The summed E-state index contributed by atoms with van der Waals surface area (Å²) in [5, 5.41) is 0. The highest BCUT2D eigenvalue weighted by Gasteiger charge is 1.95. The standard InChI is InChI=1S/C7H8.C5H12.3C2H6/c1-7-5-3-2-4-6-7;1-5(2,3)4;3*1-2/h2-6H,1H3;1-4H3;3*1-2H3. The molecule has 1 aromatic carbocycles. The van der Waals surface area contributed by atoms with Crippen LogP contribution in [0.15, 0.2) is 30.3 Å². The van der Waals surface area contributed by atoms with E-state index in [1.807, 2.05) is 59.7 Å². The van der Waals surface area contributed by atoms with E-state index in [4.69, 9.17) is 0 Å². The molecule has 0 fully saturated rings. The van der Waals surface area contributed by atoms with Crippen molar-refractivity contribution in [3.05, 3.63) is 35.9 Å². The van der Waals surface area contributed by atoms with Gasteiger partial charge in [0.2, 0.25) is 0 Å². The van der Waals surface area contributed by atoms with Gasteiger partial charge in [-0.15, -0.1) is 0 Å². The second-order valence-corrected chi connectivity index (χ2v) is 4.65. The van der Waals surface area contributed by atoms with Crippen molar-refractivity contribution in [2.75, 3.05) is 0 Å². The van der Waals surface area contributed by atoms with E-state index >= 15 is 0 Å². The molecule has 0 aliphatic rings. The molecule has 1 rings (SSSR count). The first kappa shape index (κ1) is 25.9. The molecular formula is C18H38. The van der Waals surface area contributed by atoms with E-state index in [0.29, 0.717) is 5.41 Å². The molecule has 0 aliphatic carbocycles. The second-order valence-electron chi connectivity index (χ2n) is 4.65. The fourth-order valence-electron chi connectivity index (χ4n) is 0.534. The SMILES string of the molecule is CC.CC.CC.CC(C)(C)C.Cc1ccccc1. The van der Waals surface area contributed by atoms with Crippen LogP contribution < -0.4 is 0 Å². The van der Waals surface area contributed by atoms with Gasteiger partial charge in [-0.05, 0) is 12.3 Å². The smallest absolute Gasteiger partial charge is 0.0398 e. The molecule has 0 aliphatic heterocycles. The summed E-state index contributed by atoms with van der Waals surface area (Å²) in [7, 11) is 0. The van der Waals surface area contributed by atoms with Gasteiger partial charge >= 0.3 is 0 Å². The summed E-state index contributed by atoms with van der Waals surface area (Å²) in [6.07, 6.45) is 0. The maximum atomic E-state index is 2.19. The number of hydrogen-bond donors (Lipinski definition) is 0. The van der Waals surface area contributed by atoms with Gasteiger partial charge in [0, 0.05) is 0 Å². The third-order valence-electron chi connectivity index (χ3n) is 0.940. The van der Waals surface area contributed by atoms with Crippen LogP contribution in [0.25, 0.3) is 0 Å². The third kappa shape index (κ3) is 59.0. The Hall–Kier alpha value is -0.780. The minimum absolute atomic E-state index is 0.500. The normalized spacial score (nSPS) is 7.72. The molecule has 1 aromatic rings. The molecule has 0 bridgehead atoms. The van der Waals surface area contributed by atoms with Crippen LogP contribution in [-0.4, -0.2) is 0 Å². The number of hydrogen-bond acceptors (Lipinski definition) is 0. The molecule has 0 heterocycles. The van der Waals surface area contributed by atoms with Crippen LogP contribution in [0.5, 0.6) is 0 Å². The molecule has 110 valence electrons. The summed E-state index contributed by atoms with van der Waals surface area (Å²) in [5.41, 5.74) is 1.82. The molecule has 0 aromatic heterocycles. The van der Waals surface area contributed by atoms with E-state index in [9.17, 15) is 0 Å². The number of benzene rings is 1. The predicted molar refractivity (Wildman–Crippen MR) is 90.4 cm³/mol. The average molecular weight is 255 g/mol. The Balaban J connectivity index is -0.0000000792. The zero-order valence-corrected chi connectivity index (χ0v) is 14.9. The molecule has 0 N–H and O–H groups in total. The van der Waals surface area contributed by atoms with Crippen molar-refractivity contribution < 1.29 is 0 Å². The van der Waals surface area contributed by atoms with Crippen LogP contribution in [0.3, 0.4) is 0 Å². The first-order chi connectivity index (χ1) is 8.39. The summed E-state index contributed by atoms with van der Waals surface area (Å²) >= 11 is 0. The fourth-order valence-corrected chi connectivity index (χ4v) is 0.534. The molecule has 0 saturated heterocycles. The van der Waals surface area contributed by atoms with E-state index in [-0.39, 0.29) is 0 Å². The Bertz CT molecular complexity index is 185. The van der Waals surface area contributed by atoms with Crippen LogP contribution in [-0.2, 0) is 0 Å². The maximum absolute atomic E-state index is 2.19. The molecule has 0 radical (unpaired) electrons. The summed E-state index contributed by atoms with van der Waals surface area (Å²) in [5.74, 6) is 0. The zero-order chi connectivity index (χ0) is 15.6. The molecule has 0 spiro atoms. The van der Waals surface area contributed by atoms with Crippen LogP contribution in [0.2, 0.25) is 0 Å². The molecule has 0 atom stereocenters. The van der Waals surface area contributed by atoms with E-state index < -0.39 is 0 Å². The summed E-state index contributed by atoms with van der Waals surface area (Å²) in [6.45, 7) is 22.8. The number of aryl methyl sites for hydroxylation is 1. The van der Waals surface area contributed by atoms with Crippen molar-refractivity contribution in [1.82, 2.24) is 0 Å². The molecule has 0 amide bonds. The van der Waals surface area contributed by atoms with Gasteiger partial charge in [0.05, 0.1) is 0 Å². The van der Waals surface area contributed by atoms with Gasteiger partial charge in [-0.2, -0.15) is 0 Å². The largest absolute Gasteiger partial charge is 0.0683 e. The van der Waals surface area contributed by atoms with Gasteiger partial charge in [0.15, 0.2) is 0 Å². The molecule has 18 heavy (non-hydrogen) atoms. The van der Waals surface area contributed by atoms with Gasteiger partial charge < -0.3 is 0 Å². The van der Waals surface area contributed by atoms with Crippen molar-refractivity contribution >= 4 is 0 Å². The lowest BCUT2D eigenvalue weighted by molar-refractivity contribution is 0.469. The Morgan fingerprint density at radius 2 is 0.833 bits per heavy atom. The lowest BCUT2D eigenvalue weighted by Crippen LogP contribution is -1.93. The Labute approximate surface area is 118 Å². The van der Waals surface area contributed by atoms with Crippen molar-refractivity contribution in [3.63, 3.8) is 0 Å². The van der Waals surface area contributed by atoms with Gasteiger partial charge in [0.1, 0.15) is 0 Å². The van der Waals surface area contributed by atoms with Crippen LogP contribution >= 0.6 is 0 Å². The van der Waals surface area contributed by atoms with Crippen LogP contribution in [0.1, 0.15) is 74.8 Å². The van der Waals surface area contributed by atoms with Crippen molar-refractivity contribution in [1.29, 1.82) is 0 Å². The average Bonchev–Trinajstić information content (AvgIpc) is 2.36. The first-order valence-corrected chi connectivity index (χ1v) is 7.41. The molecule has 0 heteroatoms. The Morgan fingerprint density at radius 3 is 0.944 bits per heavy atom. The Kier molecular flexibility index (Phi) is 31.0. The maximum Gasteiger partial charge on any atom is -0.0398 e. The van der Waals surface area contributed by atoms with Gasteiger partial charge in [-0.1, -0.05) is 105 Å². The highest BCUT2D eigenvalue weighted by molar-refractivity contribution is 5.11. The van der Waals surface area contributed by atoms with Crippen LogP contribution in [0.4, 0.5) is 0 Å². The fraction of sp³-hybridized carbons (Fsp3) is 0.667. The molecule has 0 saturated carbocycles. The molecular weight excluding hydrogens is 216 g/mol. The van der Waals surface area contributed by atoms with Gasteiger partial charge in [-0.25, -0.2) is 0 Å². The summed E-state index contributed by atoms with van der Waals surface area (Å²) in [4.78, 5) is 0. The zero-order valence-electron chi connectivity index (χ0n) is 14.9. The number of rotatable bonds is 0. The van der Waals surface area contributed by atoms with Gasteiger partial charge in [0.25, 0.3) is 0 Å². The third-order valence-corrected chi connectivity index (χ3v) is 0.940. The van der Waals surface area contributed by atoms with Gasteiger partial charge in [-0.3, -0.25) is 0 Å². The Morgan fingerprint density at radius 1 is 0.611 bits per heavy atom. The molecule has 0 nitrogen and oxygen atoms in total. The minimum Gasteiger partial charge on any atom is -0.0683 e. The van der Waals surface area contributed by atoms with Crippen LogP contribution in [0, 0.1) is 12.3 Å². The van der Waals surface area contributed by atoms with Crippen molar-refractivity contribution in [3.8, 4) is 0 Å². The monoisotopic (exact) mass is 254 g/mol. The molecule has 0 unspecified atom stereocenters. The lowest BCUT2D eigenvalue weighted by atomic mass is 10.0.